The molecular formula is C16H32I2. The van der Waals surface area contributed by atoms with Gasteiger partial charge < -0.3 is 0 Å². The van der Waals surface area contributed by atoms with Crippen molar-refractivity contribution in [2.24, 2.45) is 0 Å². The molecule has 1 unspecified atom stereocenters. The first-order chi connectivity index (χ1) is 8.70. The summed E-state index contributed by atoms with van der Waals surface area (Å²) in [6.07, 6.45) is 17.1. The molecule has 0 aromatic heterocycles. The second-order valence-electron chi connectivity index (χ2n) is 5.48. The third kappa shape index (κ3) is 13.9. The van der Waals surface area contributed by atoms with Crippen molar-refractivity contribution in [1.29, 1.82) is 0 Å². The monoisotopic (exact) mass is 478 g/mol. The van der Waals surface area contributed by atoms with Crippen LogP contribution in [0.15, 0.2) is 0 Å². The Bertz CT molecular complexity index is 159. The highest BCUT2D eigenvalue weighted by atomic mass is 127. The minimum absolute atomic E-state index is 0.914. The molecule has 0 saturated carbocycles. The smallest absolute Gasteiger partial charge is 0.0120 e. The van der Waals surface area contributed by atoms with Crippen molar-refractivity contribution in [3.05, 3.63) is 0 Å². The first kappa shape index (κ1) is 19.5. The Labute approximate surface area is 143 Å². The zero-order valence-electron chi connectivity index (χ0n) is 12.4. The Morgan fingerprint density at radius 2 is 1.00 bits per heavy atom. The molecule has 0 rings (SSSR count). The van der Waals surface area contributed by atoms with Gasteiger partial charge in [-0.2, -0.15) is 0 Å². The number of unbranched alkanes of at least 4 members (excludes halogenated alkanes) is 7. The topological polar surface area (TPSA) is 0 Å². The van der Waals surface area contributed by atoms with E-state index in [1.54, 1.807) is 0 Å². The van der Waals surface area contributed by atoms with Crippen LogP contribution < -0.4 is 0 Å². The lowest BCUT2D eigenvalue weighted by Gasteiger charge is -2.14. The number of halogens is 2. The number of hydrogen-bond acceptors (Lipinski definition) is 0. The Morgan fingerprint density at radius 1 is 0.611 bits per heavy atom. The van der Waals surface area contributed by atoms with Crippen LogP contribution in [0.1, 0.15) is 90.9 Å². The normalized spacial score (nSPS) is 14.7. The molecule has 0 bridgehead atoms. The maximum absolute atomic E-state index is 2.68. The molecule has 0 N–H and O–H groups in total. The van der Waals surface area contributed by atoms with Crippen LogP contribution >= 0.6 is 45.2 Å². The minimum Gasteiger partial charge on any atom is -0.0826 e. The average Bonchev–Trinajstić information content (AvgIpc) is 2.34. The van der Waals surface area contributed by atoms with E-state index in [0.717, 1.165) is 7.85 Å². The maximum Gasteiger partial charge on any atom is 0.0120 e. The van der Waals surface area contributed by atoms with E-state index >= 15 is 0 Å². The van der Waals surface area contributed by atoms with Crippen LogP contribution in [0.25, 0.3) is 0 Å². The Morgan fingerprint density at radius 3 is 1.44 bits per heavy atom. The van der Waals surface area contributed by atoms with Gasteiger partial charge in [-0.3, -0.25) is 0 Å². The van der Waals surface area contributed by atoms with E-state index in [1.807, 2.05) is 0 Å². The predicted molar refractivity (Wildman–Crippen MR) is 102 cm³/mol. The zero-order chi connectivity index (χ0) is 13.6. The summed E-state index contributed by atoms with van der Waals surface area (Å²) in [6.45, 7) is 4.58. The van der Waals surface area contributed by atoms with Gasteiger partial charge in [0.1, 0.15) is 0 Å². The fourth-order valence-corrected chi connectivity index (χ4v) is 5.36. The molecule has 0 spiro atoms. The molecule has 0 radical (unpaired) electrons. The molecule has 0 amide bonds. The highest BCUT2D eigenvalue weighted by Crippen LogP contribution is 2.24. The van der Waals surface area contributed by atoms with Gasteiger partial charge >= 0.3 is 0 Å². The fraction of sp³-hybridized carbons (Fsp3) is 1.00. The Hall–Kier alpha value is 1.46. The predicted octanol–water partition coefficient (Wildman–Crippen LogP) is 7.31. The Kier molecular flexibility index (Phi) is 16.1. The molecule has 0 aromatic carbocycles. The molecule has 0 aromatic rings. The molecule has 0 saturated heterocycles. The first-order valence-electron chi connectivity index (χ1n) is 7.98. The van der Waals surface area contributed by atoms with Gasteiger partial charge in [-0.15, -0.1) is 0 Å². The summed E-state index contributed by atoms with van der Waals surface area (Å²) in [5.41, 5.74) is 0. The van der Waals surface area contributed by atoms with Gasteiger partial charge in [0.25, 0.3) is 0 Å². The van der Waals surface area contributed by atoms with Crippen LogP contribution in [0.4, 0.5) is 0 Å². The number of alkyl halides is 2. The summed E-state index contributed by atoms with van der Waals surface area (Å²) in [7, 11) is 0. The van der Waals surface area contributed by atoms with Crippen molar-refractivity contribution < 1.29 is 0 Å². The minimum atomic E-state index is 0.914. The van der Waals surface area contributed by atoms with Gasteiger partial charge in [-0.25, -0.2) is 0 Å². The highest BCUT2D eigenvalue weighted by molar-refractivity contribution is 14.1. The fourth-order valence-electron chi connectivity index (χ4n) is 2.28. The molecule has 0 heterocycles. The van der Waals surface area contributed by atoms with E-state index in [4.69, 9.17) is 0 Å². The Balaban J connectivity index is 3.34. The van der Waals surface area contributed by atoms with Crippen LogP contribution in [0.5, 0.6) is 0 Å². The van der Waals surface area contributed by atoms with E-state index in [1.165, 1.54) is 77.0 Å². The van der Waals surface area contributed by atoms with Gasteiger partial charge in [-0.1, -0.05) is 117 Å². The molecule has 0 aliphatic carbocycles. The molecule has 2 heteroatoms. The molecule has 0 nitrogen and oxygen atoms in total. The number of hydrogen-bond donors (Lipinski definition) is 0. The maximum atomic E-state index is 2.68. The van der Waals surface area contributed by atoms with Crippen LogP contribution in [0.2, 0.25) is 0 Å². The van der Waals surface area contributed by atoms with E-state index in [9.17, 15) is 0 Å². The lowest BCUT2D eigenvalue weighted by Crippen LogP contribution is -2.07. The van der Waals surface area contributed by atoms with E-state index in [2.05, 4.69) is 59.0 Å². The summed E-state index contributed by atoms with van der Waals surface area (Å²) in [5.74, 6) is 0. The van der Waals surface area contributed by atoms with Crippen molar-refractivity contribution in [2.75, 3.05) is 0 Å². The van der Waals surface area contributed by atoms with Crippen LogP contribution in [-0.4, -0.2) is 7.85 Å². The molecule has 0 fully saturated rings. The van der Waals surface area contributed by atoms with Gasteiger partial charge in [0.05, 0.1) is 0 Å². The van der Waals surface area contributed by atoms with E-state index in [0.29, 0.717) is 0 Å². The zero-order valence-corrected chi connectivity index (χ0v) is 16.7. The van der Waals surface area contributed by atoms with Crippen molar-refractivity contribution in [2.45, 2.75) is 98.7 Å². The van der Waals surface area contributed by atoms with Gasteiger partial charge in [0.15, 0.2) is 0 Å². The number of rotatable bonds is 13. The second-order valence-corrected chi connectivity index (χ2v) is 9.01. The summed E-state index contributed by atoms with van der Waals surface area (Å²) in [4.78, 5) is 0. The van der Waals surface area contributed by atoms with Crippen LogP contribution in [-0.2, 0) is 0 Å². The summed E-state index contributed by atoms with van der Waals surface area (Å²) in [6, 6.07) is 0. The van der Waals surface area contributed by atoms with Gasteiger partial charge in [0.2, 0.25) is 0 Å². The molecule has 110 valence electrons. The van der Waals surface area contributed by atoms with Crippen LogP contribution in [0.3, 0.4) is 0 Å². The highest BCUT2D eigenvalue weighted by Gasteiger charge is 2.10. The van der Waals surface area contributed by atoms with Crippen molar-refractivity contribution in [1.82, 2.24) is 0 Å². The SMILES string of the molecule is CCCCCCCC(I)C[C@@H](I)CCCCCC. The molecule has 0 aliphatic heterocycles. The van der Waals surface area contributed by atoms with Crippen molar-refractivity contribution in [3.8, 4) is 0 Å². The summed E-state index contributed by atoms with van der Waals surface area (Å²) < 4.78 is 1.83. The van der Waals surface area contributed by atoms with Crippen molar-refractivity contribution in [3.63, 3.8) is 0 Å². The molecule has 0 aliphatic rings. The summed E-state index contributed by atoms with van der Waals surface area (Å²) >= 11 is 5.36. The molecular weight excluding hydrogens is 446 g/mol. The second kappa shape index (κ2) is 14.9. The van der Waals surface area contributed by atoms with Gasteiger partial charge in [-0.05, 0) is 19.3 Å². The first-order valence-corrected chi connectivity index (χ1v) is 10.5. The van der Waals surface area contributed by atoms with E-state index < -0.39 is 0 Å². The lowest BCUT2D eigenvalue weighted by atomic mass is 10.0. The quantitative estimate of drug-likeness (QED) is 0.148. The average molecular weight is 478 g/mol. The third-order valence-corrected chi connectivity index (χ3v) is 5.77. The molecule has 2 atom stereocenters. The summed E-state index contributed by atoms with van der Waals surface area (Å²) in [5, 5.41) is 0. The molecule has 18 heavy (non-hydrogen) atoms. The largest absolute Gasteiger partial charge is 0.0826 e. The van der Waals surface area contributed by atoms with E-state index in [-0.39, 0.29) is 0 Å². The lowest BCUT2D eigenvalue weighted by molar-refractivity contribution is 0.568. The van der Waals surface area contributed by atoms with Crippen molar-refractivity contribution >= 4 is 45.2 Å². The van der Waals surface area contributed by atoms with Gasteiger partial charge in [0, 0.05) is 7.85 Å². The van der Waals surface area contributed by atoms with Crippen LogP contribution in [0, 0.1) is 0 Å². The third-order valence-electron chi connectivity index (χ3n) is 3.50. The standard InChI is InChI=1S/C16H32I2/c1-3-5-7-9-11-13-16(18)14-15(17)12-10-8-6-4-2/h15-16H,3-14H2,1-2H3/t15-,16?/m0/s1.